The van der Waals surface area contributed by atoms with Crippen LogP contribution >= 0.6 is 11.6 Å². The SMILES string of the molecule is CCCNCc1cc(Cl)ccc1OCCC(F)(F)F. The zero-order valence-corrected chi connectivity index (χ0v) is 11.4. The van der Waals surface area contributed by atoms with Crippen LogP contribution in [0.2, 0.25) is 5.02 Å². The van der Waals surface area contributed by atoms with Gasteiger partial charge in [0, 0.05) is 17.1 Å². The molecule has 0 aliphatic carbocycles. The van der Waals surface area contributed by atoms with Crippen molar-refractivity contribution in [2.45, 2.75) is 32.5 Å². The standard InChI is InChI=1S/C13H17ClF3NO/c1-2-6-18-9-10-8-11(14)3-4-12(10)19-7-5-13(15,16)17/h3-4,8,18H,2,5-7,9H2,1H3. The highest BCUT2D eigenvalue weighted by atomic mass is 35.5. The number of benzene rings is 1. The van der Waals surface area contributed by atoms with Crippen molar-refractivity contribution in [1.82, 2.24) is 5.32 Å². The lowest BCUT2D eigenvalue weighted by Crippen LogP contribution is -2.16. The van der Waals surface area contributed by atoms with E-state index in [2.05, 4.69) is 5.32 Å². The molecule has 19 heavy (non-hydrogen) atoms. The molecule has 108 valence electrons. The van der Waals surface area contributed by atoms with E-state index in [0.29, 0.717) is 17.3 Å². The summed E-state index contributed by atoms with van der Waals surface area (Å²) in [6, 6.07) is 4.91. The lowest BCUT2D eigenvalue weighted by molar-refractivity contribution is -0.139. The number of nitrogens with one attached hydrogen (secondary N) is 1. The molecule has 0 spiro atoms. The smallest absolute Gasteiger partial charge is 0.392 e. The van der Waals surface area contributed by atoms with E-state index in [4.69, 9.17) is 16.3 Å². The third-order valence-corrected chi connectivity index (χ3v) is 2.64. The van der Waals surface area contributed by atoms with Crippen molar-refractivity contribution in [2.24, 2.45) is 0 Å². The first-order valence-electron chi connectivity index (χ1n) is 6.11. The van der Waals surface area contributed by atoms with Crippen LogP contribution < -0.4 is 10.1 Å². The molecule has 0 amide bonds. The van der Waals surface area contributed by atoms with Crippen molar-refractivity contribution in [3.8, 4) is 5.75 Å². The summed E-state index contributed by atoms with van der Waals surface area (Å²) in [4.78, 5) is 0. The highest BCUT2D eigenvalue weighted by molar-refractivity contribution is 6.30. The summed E-state index contributed by atoms with van der Waals surface area (Å²) in [5, 5.41) is 3.70. The topological polar surface area (TPSA) is 21.3 Å². The minimum absolute atomic E-state index is 0.383. The third kappa shape index (κ3) is 6.68. The molecule has 6 heteroatoms. The lowest BCUT2D eigenvalue weighted by atomic mass is 10.2. The Morgan fingerprint density at radius 3 is 2.68 bits per heavy atom. The van der Waals surface area contributed by atoms with E-state index in [-0.39, 0.29) is 6.61 Å². The van der Waals surface area contributed by atoms with E-state index >= 15 is 0 Å². The Labute approximate surface area is 115 Å². The Morgan fingerprint density at radius 2 is 2.05 bits per heavy atom. The molecule has 0 fully saturated rings. The van der Waals surface area contributed by atoms with Crippen LogP contribution in [0.15, 0.2) is 18.2 Å². The quantitative estimate of drug-likeness (QED) is 0.762. The van der Waals surface area contributed by atoms with E-state index in [1.165, 1.54) is 0 Å². The van der Waals surface area contributed by atoms with Crippen molar-refractivity contribution in [2.75, 3.05) is 13.2 Å². The van der Waals surface area contributed by atoms with Gasteiger partial charge in [0.2, 0.25) is 0 Å². The number of halogens is 4. The monoisotopic (exact) mass is 295 g/mol. The normalized spacial score (nSPS) is 11.6. The Morgan fingerprint density at radius 1 is 1.32 bits per heavy atom. The Bertz CT molecular complexity index is 396. The number of rotatable bonds is 7. The molecule has 0 bridgehead atoms. The fourth-order valence-corrected chi connectivity index (χ4v) is 1.70. The summed E-state index contributed by atoms with van der Waals surface area (Å²) in [6.07, 6.45) is -4.19. The van der Waals surface area contributed by atoms with Gasteiger partial charge in [-0.2, -0.15) is 13.2 Å². The van der Waals surface area contributed by atoms with Crippen LogP contribution in [0.1, 0.15) is 25.3 Å². The van der Waals surface area contributed by atoms with Gasteiger partial charge in [0.25, 0.3) is 0 Å². The predicted octanol–water partition coefficient (Wildman–Crippen LogP) is 4.17. The molecule has 0 unspecified atom stereocenters. The molecule has 0 heterocycles. The molecule has 0 saturated heterocycles. The van der Waals surface area contributed by atoms with Gasteiger partial charge in [-0.15, -0.1) is 0 Å². The van der Waals surface area contributed by atoms with Crippen molar-refractivity contribution in [3.63, 3.8) is 0 Å². The van der Waals surface area contributed by atoms with Gasteiger partial charge < -0.3 is 10.1 Å². The maximum Gasteiger partial charge on any atom is 0.392 e. The molecule has 1 rings (SSSR count). The lowest BCUT2D eigenvalue weighted by Gasteiger charge is -2.13. The van der Waals surface area contributed by atoms with Crippen LogP contribution in [0.25, 0.3) is 0 Å². The summed E-state index contributed by atoms with van der Waals surface area (Å²) in [7, 11) is 0. The second-order valence-electron chi connectivity index (χ2n) is 4.14. The molecule has 0 saturated carbocycles. The van der Waals surface area contributed by atoms with Crippen LogP contribution in [-0.4, -0.2) is 19.3 Å². The molecule has 1 aromatic rings. The second kappa shape index (κ2) is 7.60. The van der Waals surface area contributed by atoms with E-state index in [0.717, 1.165) is 18.5 Å². The number of alkyl halides is 3. The molecular weight excluding hydrogens is 279 g/mol. The van der Waals surface area contributed by atoms with Gasteiger partial charge in [0.05, 0.1) is 13.0 Å². The largest absolute Gasteiger partial charge is 0.493 e. The van der Waals surface area contributed by atoms with E-state index < -0.39 is 12.6 Å². The average molecular weight is 296 g/mol. The maximum absolute atomic E-state index is 12.1. The van der Waals surface area contributed by atoms with Crippen LogP contribution in [-0.2, 0) is 6.54 Å². The van der Waals surface area contributed by atoms with Gasteiger partial charge in [-0.3, -0.25) is 0 Å². The minimum Gasteiger partial charge on any atom is -0.493 e. The summed E-state index contributed by atoms with van der Waals surface area (Å²) in [6.45, 7) is 3.00. The number of hydrogen-bond acceptors (Lipinski definition) is 2. The number of ether oxygens (including phenoxy) is 1. The van der Waals surface area contributed by atoms with Gasteiger partial charge in [0.1, 0.15) is 5.75 Å². The van der Waals surface area contributed by atoms with Gasteiger partial charge in [-0.25, -0.2) is 0 Å². The van der Waals surface area contributed by atoms with Crippen LogP contribution in [0.5, 0.6) is 5.75 Å². The first-order valence-corrected chi connectivity index (χ1v) is 6.49. The molecule has 0 atom stereocenters. The second-order valence-corrected chi connectivity index (χ2v) is 4.58. The molecule has 0 aliphatic rings. The average Bonchev–Trinajstić information content (AvgIpc) is 2.30. The van der Waals surface area contributed by atoms with E-state index in [1.807, 2.05) is 6.92 Å². The molecule has 0 aromatic heterocycles. The van der Waals surface area contributed by atoms with E-state index in [9.17, 15) is 13.2 Å². The van der Waals surface area contributed by atoms with E-state index in [1.54, 1.807) is 18.2 Å². The summed E-state index contributed by atoms with van der Waals surface area (Å²) < 4.78 is 41.4. The predicted molar refractivity (Wildman–Crippen MR) is 69.6 cm³/mol. The molecule has 1 aromatic carbocycles. The molecule has 0 aliphatic heterocycles. The van der Waals surface area contributed by atoms with Crippen LogP contribution in [0, 0.1) is 0 Å². The van der Waals surface area contributed by atoms with Crippen LogP contribution in [0.3, 0.4) is 0 Å². The fraction of sp³-hybridized carbons (Fsp3) is 0.538. The summed E-state index contributed by atoms with van der Waals surface area (Å²) in [5.41, 5.74) is 0.767. The maximum atomic E-state index is 12.1. The first kappa shape index (κ1) is 16.1. The number of hydrogen-bond donors (Lipinski definition) is 1. The van der Waals surface area contributed by atoms with Crippen molar-refractivity contribution < 1.29 is 17.9 Å². The molecule has 1 N–H and O–H groups in total. The van der Waals surface area contributed by atoms with Gasteiger partial charge in [-0.05, 0) is 31.2 Å². The Hall–Kier alpha value is -0.940. The van der Waals surface area contributed by atoms with Gasteiger partial charge in [0.15, 0.2) is 0 Å². The van der Waals surface area contributed by atoms with Crippen molar-refractivity contribution in [3.05, 3.63) is 28.8 Å². The minimum atomic E-state index is -4.20. The highest BCUT2D eigenvalue weighted by Crippen LogP contribution is 2.25. The van der Waals surface area contributed by atoms with Gasteiger partial charge in [-0.1, -0.05) is 18.5 Å². The summed E-state index contributed by atoms with van der Waals surface area (Å²) in [5.74, 6) is 0.442. The Kier molecular flexibility index (Phi) is 6.45. The molecule has 0 radical (unpaired) electrons. The zero-order chi connectivity index (χ0) is 14.3. The van der Waals surface area contributed by atoms with Crippen molar-refractivity contribution >= 4 is 11.6 Å². The fourth-order valence-electron chi connectivity index (χ4n) is 1.50. The summed E-state index contributed by atoms with van der Waals surface area (Å²) >= 11 is 5.87. The molecular formula is C13H17ClF3NO. The highest BCUT2D eigenvalue weighted by Gasteiger charge is 2.26. The Balaban J connectivity index is 2.60. The van der Waals surface area contributed by atoms with Crippen LogP contribution in [0.4, 0.5) is 13.2 Å². The first-order chi connectivity index (χ1) is 8.92. The van der Waals surface area contributed by atoms with Crippen molar-refractivity contribution in [1.29, 1.82) is 0 Å². The van der Waals surface area contributed by atoms with Gasteiger partial charge >= 0.3 is 6.18 Å². The molecule has 2 nitrogen and oxygen atoms in total. The third-order valence-electron chi connectivity index (χ3n) is 2.41. The zero-order valence-electron chi connectivity index (χ0n) is 10.7.